The summed E-state index contributed by atoms with van der Waals surface area (Å²) in [6, 6.07) is 10.4. The molecule has 1 aromatic rings. The molecule has 2 fully saturated rings. The fourth-order valence-corrected chi connectivity index (χ4v) is 3.56. The normalized spacial score (nSPS) is 27.4. The van der Waals surface area contributed by atoms with E-state index in [4.69, 9.17) is 0 Å². The highest BCUT2D eigenvalue weighted by molar-refractivity contribution is 5.26. The van der Waals surface area contributed by atoms with Crippen molar-refractivity contribution in [3.63, 3.8) is 0 Å². The van der Waals surface area contributed by atoms with Crippen LogP contribution >= 0.6 is 0 Å². The lowest BCUT2D eigenvalue weighted by Crippen LogP contribution is -2.40. The molecule has 0 aromatic heterocycles. The smallest absolute Gasteiger partial charge is 0.0351 e. The highest BCUT2D eigenvalue weighted by Crippen LogP contribution is 2.44. The van der Waals surface area contributed by atoms with Crippen LogP contribution in [0.4, 0.5) is 0 Å². The first-order valence-electron chi connectivity index (χ1n) is 7.89. The zero-order valence-electron chi connectivity index (χ0n) is 12.6. The molecule has 3 rings (SSSR count). The lowest BCUT2D eigenvalue weighted by molar-refractivity contribution is 0.252. The highest BCUT2D eigenvalue weighted by atomic mass is 15.0. The van der Waals surface area contributed by atoms with Gasteiger partial charge in [-0.05, 0) is 49.5 Å². The van der Waals surface area contributed by atoms with Crippen molar-refractivity contribution in [2.24, 2.45) is 11.3 Å². The van der Waals surface area contributed by atoms with Gasteiger partial charge in [0.05, 0.1) is 0 Å². The first-order chi connectivity index (χ1) is 9.06. The van der Waals surface area contributed by atoms with E-state index >= 15 is 0 Å². The van der Waals surface area contributed by atoms with Crippen molar-refractivity contribution in [1.82, 2.24) is 5.32 Å². The fourth-order valence-electron chi connectivity index (χ4n) is 3.56. The minimum atomic E-state index is 0.470. The molecule has 0 amide bonds. The molecule has 19 heavy (non-hydrogen) atoms. The van der Waals surface area contributed by atoms with E-state index in [1.54, 1.807) is 0 Å². The van der Waals surface area contributed by atoms with Crippen molar-refractivity contribution >= 4 is 0 Å². The van der Waals surface area contributed by atoms with Gasteiger partial charge < -0.3 is 5.32 Å². The lowest BCUT2D eigenvalue weighted by atomic mass is 9.86. The third kappa shape index (κ3) is 2.86. The van der Waals surface area contributed by atoms with Crippen LogP contribution in [0.3, 0.4) is 0 Å². The molecule has 0 bridgehead atoms. The largest absolute Gasteiger partial charge is 0.306 e. The van der Waals surface area contributed by atoms with Crippen LogP contribution in [0.5, 0.6) is 0 Å². The number of hydrogen-bond donors (Lipinski definition) is 1. The van der Waals surface area contributed by atoms with Gasteiger partial charge in [0.2, 0.25) is 0 Å². The van der Waals surface area contributed by atoms with Crippen molar-refractivity contribution < 1.29 is 0 Å². The Bertz CT molecular complexity index is 428. The molecule has 1 nitrogen and oxygen atoms in total. The maximum Gasteiger partial charge on any atom is 0.0351 e. The number of hydrogen-bond acceptors (Lipinski definition) is 1. The molecule has 1 aromatic carbocycles. The standard InChI is InChI=1S/C18H27N/c1-13-6-8-14(9-7-13)17(15-10-11-15)19-16-5-4-12-18(16,2)3/h6-9,15-17,19H,4-5,10-12H2,1-3H3. The zero-order valence-corrected chi connectivity index (χ0v) is 12.6. The molecule has 0 spiro atoms. The third-order valence-electron chi connectivity index (χ3n) is 5.17. The van der Waals surface area contributed by atoms with Crippen LogP contribution in [0, 0.1) is 18.3 Å². The molecule has 0 radical (unpaired) electrons. The Hall–Kier alpha value is -0.820. The van der Waals surface area contributed by atoms with E-state index in [1.165, 1.54) is 43.2 Å². The van der Waals surface area contributed by atoms with Crippen molar-refractivity contribution in [2.75, 3.05) is 0 Å². The number of rotatable bonds is 4. The van der Waals surface area contributed by atoms with E-state index in [0.29, 0.717) is 17.5 Å². The average Bonchev–Trinajstić information content (AvgIpc) is 3.14. The van der Waals surface area contributed by atoms with Gasteiger partial charge in [-0.3, -0.25) is 0 Å². The Morgan fingerprint density at radius 3 is 2.32 bits per heavy atom. The molecule has 1 heteroatoms. The quantitative estimate of drug-likeness (QED) is 0.830. The van der Waals surface area contributed by atoms with Gasteiger partial charge in [0.25, 0.3) is 0 Å². The summed E-state index contributed by atoms with van der Waals surface area (Å²) in [5.74, 6) is 0.874. The van der Waals surface area contributed by atoms with Crippen molar-refractivity contribution in [3.05, 3.63) is 35.4 Å². The van der Waals surface area contributed by atoms with Gasteiger partial charge >= 0.3 is 0 Å². The third-order valence-corrected chi connectivity index (χ3v) is 5.17. The molecule has 2 saturated carbocycles. The Labute approximate surface area is 117 Å². The van der Waals surface area contributed by atoms with Crippen LogP contribution in [-0.4, -0.2) is 6.04 Å². The predicted molar refractivity (Wildman–Crippen MR) is 81.2 cm³/mol. The van der Waals surface area contributed by atoms with Crippen LogP contribution in [-0.2, 0) is 0 Å². The van der Waals surface area contributed by atoms with E-state index in [1.807, 2.05) is 0 Å². The van der Waals surface area contributed by atoms with E-state index in [9.17, 15) is 0 Å². The monoisotopic (exact) mass is 257 g/mol. The number of nitrogens with one attached hydrogen (secondary N) is 1. The SMILES string of the molecule is Cc1ccc(C(NC2CCCC2(C)C)C2CC2)cc1. The minimum absolute atomic E-state index is 0.470. The Morgan fingerprint density at radius 2 is 1.79 bits per heavy atom. The van der Waals surface area contributed by atoms with Gasteiger partial charge in [-0.1, -0.05) is 50.1 Å². The van der Waals surface area contributed by atoms with Crippen LogP contribution in [0.2, 0.25) is 0 Å². The van der Waals surface area contributed by atoms with E-state index in [-0.39, 0.29) is 0 Å². The second-order valence-electron chi connectivity index (χ2n) is 7.33. The van der Waals surface area contributed by atoms with E-state index in [2.05, 4.69) is 50.4 Å². The second-order valence-corrected chi connectivity index (χ2v) is 7.33. The van der Waals surface area contributed by atoms with Gasteiger partial charge in [-0.15, -0.1) is 0 Å². The number of benzene rings is 1. The first-order valence-corrected chi connectivity index (χ1v) is 7.89. The lowest BCUT2D eigenvalue weighted by Gasteiger charge is -2.32. The van der Waals surface area contributed by atoms with Crippen molar-refractivity contribution in [2.45, 2.75) is 65.0 Å². The summed E-state index contributed by atoms with van der Waals surface area (Å²) in [5.41, 5.74) is 3.33. The Balaban J connectivity index is 1.76. The predicted octanol–water partition coefficient (Wildman–Crippen LogP) is 4.61. The van der Waals surface area contributed by atoms with Gasteiger partial charge in [0.1, 0.15) is 0 Å². The van der Waals surface area contributed by atoms with Crippen LogP contribution in [0.15, 0.2) is 24.3 Å². The maximum absolute atomic E-state index is 4.00. The summed E-state index contributed by atoms with van der Waals surface area (Å²) in [6.07, 6.45) is 6.91. The molecule has 2 aliphatic carbocycles. The average molecular weight is 257 g/mol. The van der Waals surface area contributed by atoms with E-state index < -0.39 is 0 Å². The summed E-state index contributed by atoms with van der Waals surface area (Å²) in [7, 11) is 0. The molecule has 2 unspecified atom stereocenters. The fraction of sp³-hybridized carbons (Fsp3) is 0.667. The molecule has 104 valence electrons. The van der Waals surface area contributed by atoms with Gasteiger partial charge in [0.15, 0.2) is 0 Å². The Kier molecular flexibility index (Phi) is 3.42. The summed E-state index contributed by atoms with van der Waals surface area (Å²) in [5, 5.41) is 4.00. The number of aryl methyl sites for hydroxylation is 1. The summed E-state index contributed by atoms with van der Waals surface area (Å²) in [6.45, 7) is 7.02. The highest BCUT2D eigenvalue weighted by Gasteiger charge is 2.39. The van der Waals surface area contributed by atoms with Crippen LogP contribution < -0.4 is 5.32 Å². The molecule has 2 atom stereocenters. The van der Waals surface area contributed by atoms with E-state index in [0.717, 1.165) is 5.92 Å². The molecular weight excluding hydrogens is 230 g/mol. The van der Waals surface area contributed by atoms with Crippen molar-refractivity contribution in [1.29, 1.82) is 0 Å². The first kappa shape index (κ1) is 13.2. The molecule has 0 heterocycles. The molecule has 1 N–H and O–H groups in total. The molecule has 0 aliphatic heterocycles. The van der Waals surface area contributed by atoms with Crippen molar-refractivity contribution in [3.8, 4) is 0 Å². The van der Waals surface area contributed by atoms with Gasteiger partial charge in [-0.25, -0.2) is 0 Å². The minimum Gasteiger partial charge on any atom is -0.306 e. The summed E-state index contributed by atoms with van der Waals surface area (Å²) in [4.78, 5) is 0. The Morgan fingerprint density at radius 1 is 1.11 bits per heavy atom. The summed E-state index contributed by atoms with van der Waals surface area (Å²) >= 11 is 0. The molecule has 0 saturated heterocycles. The topological polar surface area (TPSA) is 12.0 Å². The van der Waals surface area contributed by atoms with Gasteiger partial charge in [0, 0.05) is 12.1 Å². The van der Waals surface area contributed by atoms with Crippen LogP contribution in [0.1, 0.15) is 63.1 Å². The molecule has 2 aliphatic rings. The van der Waals surface area contributed by atoms with Gasteiger partial charge in [-0.2, -0.15) is 0 Å². The molecular formula is C18H27N. The summed E-state index contributed by atoms with van der Waals surface area (Å²) < 4.78 is 0. The zero-order chi connectivity index (χ0) is 13.5. The maximum atomic E-state index is 4.00. The second kappa shape index (κ2) is 4.94. The van der Waals surface area contributed by atoms with Crippen LogP contribution in [0.25, 0.3) is 0 Å².